The largest absolute Gasteiger partial charge is 0.396 e. The molecule has 1 N–H and O–H groups in total. The summed E-state index contributed by atoms with van der Waals surface area (Å²) in [6.07, 6.45) is 1.33. The van der Waals surface area contributed by atoms with E-state index >= 15 is 0 Å². The van der Waals surface area contributed by atoms with Gasteiger partial charge >= 0.3 is 0 Å². The standard InChI is InChI=1S/C27H26F3NO2/c1-18(19-2-4-20(5-3-19)24-11-10-23(29)16-25(24)30)31-14-12-27(13-15-32,17-26(31)33)21-6-8-22(28)9-7-21/h2-11,16,18,32H,12-15,17H2,1H3/t18-,27+/m0/s1. The van der Waals surface area contributed by atoms with E-state index < -0.39 is 17.0 Å². The Bertz CT molecular complexity index is 1130. The number of carbonyl (C=O) groups excluding carboxylic acids is 1. The maximum atomic E-state index is 14.1. The summed E-state index contributed by atoms with van der Waals surface area (Å²) in [5.41, 5.74) is 2.21. The lowest BCUT2D eigenvalue weighted by atomic mass is 9.70. The molecule has 0 unspecified atom stereocenters. The first kappa shape index (κ1) is 23.1. The molecular weight excluding hydrogens is 427 g/mol. The molecule has 0 radical (unpaired) electrons. The van der Waals surface area contributed by atoms with Crippen LogP contribution in [-0.2, 0) is 10.2 Å². The number of halogens is 3. The Morgan fingerprint density at radius 1 is 0.970 bits per heavy atom. The second-order valence-electron chi connectivity index (χ2n) is 8.70. The van der Waals surface area contributed by atoms with Crippen molar-refractivity contribution in [3.8, 4) is 11.1 Å². The van der Waals surface area contributed by atoms with E-state index in [4.69, 9.17) is 0 Å². The van der Waals surface area contributed by atoms with Gasteiger partial charge < -0.3 is 10.0 Å². The molecule has 6 heteroatoms. The first-order chi connectivity index (χ1) is 15.8. The minimum Gasteiger partial charge on any atom is -0.396 e. The van der Waals surface area contributed by atoms with Crippen LogP contribution in [-0.4, -0.2) is 29.1 Å². The normalized spacial score (nSPS) is 19.5. The Morgan fingerprint density at radius 2 is 1.64 bits per heavy atom. The van der Waals surface area contributed by atoms with E-state index in [1.165, 1.54) is 24.3 Å². The topological polar surface area (TPSA) is 40.5 Å². The van der Waals surface area contributed by atoms with Gasteiger partial charge in [-0.1, -0.05) is 36.4 Å². The summed E-state index contributed by atoms with van der Waals surface area (Å²) >= 11 is 0. The lowest BCUT2D eigenvalue weighted by molar-refractivity contribution is -0.138. The van der Waals surface area contributed by atoms with Crippen LogP contribution in [0.4, 0.5) is 13.2 Å². The maximum absolute atomic E-state index is 14.1. The number of hydrogen-bond acceptors (Lipinski definition) is 2. The second-order valence-corrected chi connectivity index (χ2v) is 8.70. The Labute approximate surface area is 191 Å². The first-order valence-corrected chi connectivity index (χ1v) is 11.0. The van der Waals surface area contributed by atoms with Crippen LogP contribution < -0.4 is 0 Å². The molecule has 3 aromatic carbocycles. The predicted octanol–water partition coefficient (Wildman–Crippen LogP) is 5.77. The van der Waals surface area contributed by atoms with Gasteiger partial charge in [0.1, 0.15) is 17.5 Å². The van der Waals surface area contributed by atoms with E-state index in [-0.39, 0.29) is 30.8 Å². The fraction of sp³-hybridized carbons (Fsp3) is 0.296. The third-order valence-corrected chi connectivity index (χ3v) is 6.79. The minimum atomic E-state index is -0.622. The van der Waals surface area contributed by atoms with Gasteiger partial charge in [0.05, 0.1) is 6.04 Å². The van der Waals surface area contributed by atoms with Gasteiger partial charge in [-0.15, -0.1) is 0 Å². The highest BCUT2D eigenvalue weighted by molar-refractivity contribution is 5.79. The van der Waals surface area contributed by atoms with E-state index in [1.807, 2.05) is 24.0 Å². The highest BCUT2D eigenvalue weighted by atomic mass is 19.1. The Kier molecular flexibility index (Phi) is 6.56. The highest BCUT2D eigenvalue weighted by Gasteiger charge is 2.41. The van der Waals surface area contributed by atoms with Crippen molar-refractivity contribution in [1.29, 1.82) is 0 Å². The van der Waals surface area contributed by atoms with Crippen LogP contribution in [0.3, 0.4) is 0 Å². The van der Waals surface area contributed by atoms with Gasteiger partial charge in [-0.05, 0) is 60.7 Å². The molecule has 172 valence electrons. The summed E-state index contributed by atoms with van der Waals surface area (Å²) in [6.45, 7) is 2.40. The number of likely N-dealkylation sites (tertiary alicyclic amines) is 1. The molecule has 1 aliphatic rings. The van der Waals surface area contributed by atoms with Gasteiger partial charge in [-0.2, -0.15) is 0 Å². The number of carbonyl (C=O) groups is 1. The first-order valence-electron chi connectivity index (χ1n) is 11.0. The van der Waals surface area contributed by atoms with Crippen molar-refractivity contribution < 1.29 is 23.1 Å². The van der Waals surface area contributed by atoms with Crippen LogP contribution in [0.5, 0.6) is 0 Å². The van der Waals surface area contributed by atoms with Crippen molar-refractivity contribution >= 4 is 5.91 Å². The quantitative estimate of drug-likeness (QED) is 0.514. The van der Waals surface area contributed by atoms with Crippen LogP contribution in [0.25, 0.3) is 11.1 Å². The molecule has 0 aliphatic carbocycles. The van der Waals surface area contributed by atoms with Crippen molar-refractivity contribution in [2.75, 3.05) is 13.2 Å². The van der Waals surface area contributed by atoms with Crippen molar-refractivity contribution in [2.24, 2.45) is 0 Å². The number of aliphatic hydroxyl groups excluding tert-OH is 1. The average Bonchev–Trinajstić information content (AvgIpc) is 2.79. The number of hydrogen-bond donors (Lipinski definition) is 1. The van der Waals surface area contributed by atoms with Gasteiger partial charge in [-0.3, -0.25) is 4.79 Å². The molecule has 1 heterocycles. The molecule has 2 atom stereocenters. The maximum Gasteiger partial charge on any atom is 0.223 e. The number of aliphatic hydroxyl groups is 1. The molecule has 0 aromatic heterocycles. The van der Waals surface area contributed by atoms with E-state index in [1.54, 1.807) is 24.3 Å². The van der Waals surface area contributed by atoms with Gasteiger partial charge in [0.15, 0.2) is 0 Å². The zero-order chi connectivity index (χ0) is 23.6. The van der Waals surface area contributed by atoms with Crippen LogP contribution in [0.2, 0.25) is 0 Å². The van der Waals surface area contributed by atoms with E-state index in [2.05, 4.69) is 0 Å². The molecule has 0 bridgehead atoms. The van der Waals surface area contributed by atoms with E-state index in [9.17, 15) is 23.1 Å². The Morgan fingerprint density at radius 3 is 2.24 bits per heavy atom. The van der Waals surface area contributed by atoms with E-state index in [0.717, 1.165) is 17.2 Å². The van der Waals surface area contributed by atoms with Crippen molar-refractivity contribution in [1.82, 2.24) is 4.90 Å². The number of amides is 1. The molecule has 0 saturated carbocycles. The predicted molar refractivity (Wildman–Crippen MR) is 121 cm³/mol. The third-order valence-electron chi connectivity index (χ3n) is 6.79. The number of benzene rings is 3. The van der Waals surface area contributed by atoms with Crippen LogP contribution >= 0.6 is 0 Å². The zero-order valence-electron chi connectivity index (χ0n) is 18.4. The van der Waals surface area contributed by atoms with Crippen molar-refractivity contribution in [3.05, 3.63) is 95.3 Å². The smallest absolute Gasteiger partial charge is 0.223 e. The summed E-state index contributed by atoms with van der Waals surface area (Å²) in [5, 5.41) is 9.65. The summed E-state index contributed by atoms with van der Waals surface area (Å²) in [6, 6.07) is 16.7. The molecule has 3 aromatic rings. The Balaban J connectivity index is 1.52. The van der Waals surface area contributed by atoms with Crippen LogP contribution in [0, 0.1) is 17.5 Å². The molecular formula is C27H26F3NO2. The Hall–Kier alpha value is -3.12. The summed E-state index contributed by atoms with van der Waals surface area (Å²) in [7, 11) is 0. The lowest BCUT2D eigenvalue weighted by Crippen LogP contribution is -2.47. The summed E-state index contributed by atoms with van der Waals surface area (Å²) < 4.78 is 40.7. The highest BCUT2D eigenvalue weighted by Crippen LogP contribution is 2.41. The SMILES string of the molecule is C[C@@H](c1ccc(-c2ccc(F)cc2F)cc1)N1CC[C@](CCO)(c2ccc(F)cc2)CC1=O. The lowest BCUT2D eigenvalue weighted by Gasteiger charge is -2.44. The monoisotopic (exact) mass is 453 g/mol. The van der Waals surface area contributed by atoms with Gasteiger partial charge in [0, 0.05) is 36.6 Å². The summed E-state index contributed by atoms with van der Waals surface area (Å²) in [4.78, 5) is 15.0. The van der Waals surface area contributed by atoms with Gasteiger partial charge in [0.25, 0.3) is 0 Å². The van der Waals surface area contributed by atoms with Crippen molar-refractivity contribution in [3.63, 3.8) is 0 Å². The average molecular weight is 454 g/mol. The fourth-order valence-corrected chi connectivity index (χ4v) is 4.81. The van der Waals surface area contributed by atoms with Gasteiger partial charge in [0.2, 0.25) is 5.91 Å². The molecule has 4 rings (SSSR count). The van der Waals surface area contributed by atoms with Crippen molar-refractivity contribution in [2.45, 2.75) is 37.6 Å². The van der Waals surface area contributed by atoms with Crippen LogP contribution in [0.1, 0.15) is 43.4 Å². The van der Waals surface area contributed by atoms with E-state index in [0.29, 0.717) is 30.5 Å². The molecule has 3 nitrogen and oxygen atoms in total. The fourth-order valence-electron chi connectivity index (χ4n) is 4.81. The molecule has 0 spiro atoms. The van der Waals surface area contributed by atoms with Crippen LogP contribution in [0.15, 0.2) is 66.7 Å². The second kappa shape index (κ2) is 9.40. The molecule has 1 fully saturated rings. The zero-order valence-corrected chi connectivity index (χ0v) is 18.4. The molecule has 1 saturated heterocycles. The van der Waals surface area contributed by atoms with Gasteiger partial charge in [-0.25, -0.2) is 13.2 Å². The molecule has 1 aliphatic heterocycles. The number of piperidine rings is 1. The summed E-state index contributed by atoms with van der Waals surface area (Å²) in [5.74, 6) is -1.61. The molecule has 1 amide bonds. The number of nitrogens with zero attached hydrogens (tertiary/aromatic N) is 1. The number of rotatable bonds is 6. The third kappa shape index (κ3) is 4.67. The minimum absolute atomic E-state index is 0.0276. The molecule has 33 heavy (non-hydrogen) atoms.